The van der Waals surface area contributed by atoms with E-state index in [1.54, 1.807) is 12.1 Å². The summed E-state index contributed by atoms with van der Waals surface area (Å²) in [7, 11) is 0. The Bertz CT molecular complexity index is 696. The molecule has 8 heteroatoms. The summed E-state index contributed by atoms with van der Waals surface area (Å²) in [5.74, 6) is 1.41. The lowest BCUT2D eigenvalue weighted by molar-refractivity contribution is -0.384. The largest absolute Gasteiger partial charge is 0.362 e. The minimum atomic E-state index is -0.405. The summed E-state index contributed by atoms with van der Waals surface area (Å²) in [6, 6.07) is 4.74. The van der Waals surface area contributed by atoms with Crippen molar-refractivity contribution < 1.29 is 9.72 Å². The predicted molar refractivity (Wildman–Crippen MR) is 106 cm³/mol. The number of nitrogens with zero attached hydrogens (tertiary/aromatic N) is 4. The van der Waals surface area contributed by atoms with E-state index in [0.29, 0.717) is 55.3 Å². The molecule has 0 aromatic heterocycles. The van der Waals surface area contributed by atoms with E-state index in [4.69, 9.17) is 11.6 Å². The second-order valence-corrected chi connectivity index (χ2v) is 8.33. The van der Waals surface area contributed by atoms with Crippen LogP contribution >= 0.6 is 11.6 Å². The lowest BCUT2D eigenvalue weighted by Crippen LogP contribution is -2.52. The zero-order chi connectivity index (χ0) is 19.6. The van der Waals surface area contributed by atoms with E-state index < -0.39 is 4.92 Å². The zero-order valence-corrected chi connectivity index (χ0v) is 16.7. The molecule has 2 heterocycles. The maximum absolute atomic E-state index is 12.7. The topological polar surface area (TPSA) is 69.9 Å². The molecule has 2 saturated heterocycles. The minimum absolute atomic E-state index is 0.0126. The van der Waals surface area contributed by atoms with Crippen molar-refractivity contribution in [3.05, 3.63) is 33.3 Å². The highest BCUT2D eigenvalue weighted by atomic mass is 35.5. The Morgan fingerprint density at radius 1 is 1.19 bits per heavy atom. The third-order valence-corrected chi connectivity index (χ3v) is 5.65. The molecule has 0 spiro atoms. The van der Waals surface area contributed by atoms with Crippen LogP contribution in [0.4, 0.5) is 11.4 Å². The third kappa shape index (κ3) is 4.90. The predicted octanol–water partition coefficient (Wildman–Crippen LogP) is 2.87. The fraction of sp³-hybridized carbons (Fsp3) is 0.632. The van der Waals surface area contributed by atoms with Crippen LogP contribution in [0.1, 0.15) is 20.3 Å². The number of benzene rings is 1. The van der Waals surface area contributed by atoms with Gasteiger partial charge in [0.1, 0.15) is 5.69 Å². The van der Waals surface area contributed by atoms with E-state index in [-0.39, 0.29) is 11.6 Å². The molecule has 3 rings (SSSR count). The van der Waals surface area contributed by atoms with Crippen molar-refractivity contribution in [2.24, 2.45) is 11.8 Å². The molecular formula is C19H27ClN4O3. The molecule has 2 aliphatic rings. The summed E-state index contributed by atoms with van der Waals surface area (Å²) in [4.78, 5) is 29.7. The van der Waals surface area contributed by atoms with Crippen molar-refractivity contribution in [3.8, 4) is 0 Å². The van der Waals surface area contributed by atoms with Gasteiger partial charge in [0.25, 0.3) is 5.69 Å². The van der Waals surface area contributed by atoms with Crippen molar-refractivity contribution in [2.45, 2.75) is 20.3 Å². The summed E-state index contributed by atoms with van der Waals surface area (Å²) in [5.41, 5.74) is 0.578. The molecule has 1 aromatic carbocycles. The van der Waals surface area contributed by atoms with Crippen LogP contribution < -0.4 is 4.90 Å². The van der Waals surface area contributed by atoms with Crippen LogP contribution in [0.5, 0.6) is 0 Å². The molecule has 0 N–H and O–H groups in total. The Balaban J connectivity index is 1.57. The van der Waals surface area contributed by atoms with Crippen LogP contribution in [0.3, 0.4) is 0 Å². The summed E-state index contributed by atoms with van der Waals surface area (Å²) < 4.78 is 0. The molecule has 7 nitrogen and oxygen atoms in total. The summed E-state index contributed by atoms with van der Waals surface area (Å²) in [5, 5.41) is 11.7. The van der Waals surface area contributed by atoms with Gasteiger partial charge in [-0.3, -0.25) is 19.8 Å². The van der Waals surface area contributed by atoms with Crippen molar-refractivity contribution >= 4 is 28.9 Å². The van der Waals surface area contributed by atoms with E-state index in [2.05, 4.69) is 18.7 Å². The van der Waals surface area contributed by atoms with Crippen LogP contribution in [0.15, 0.2) is 18.2 Å². The Morgan fingerprint density at radius 3 is 2.41 bits per heavy atom. The molecule has 148 valence electrons. The van der Waals surface area contributed by atoms with Gasteiger partial charge in [-0.25, -0.2) is 0 Å². The fourth-order valence-electron chi connectivity index (χ4n) is 4.32. The Morgan fingerprint density at radius 2 is 1.81 bits per heavy atom. The standard InChI is InChI=1S/C19H27ClN4O3/c1-14-9-15(2)12-21(11-14)13-19(25)23-7-5-22(6-8-23)17-4-3-16(20)10-18(17)24(26)27/h3-4,10,14-15H,5-9,11-13H2,1-2H3/t14-,15-/m0/s1. The number of carbonyl (C=O) groups excluding carboxylic acids is 1. The van der Waals surface area contributed by atoms with Gasteiger partial charge in [-0.2, -0.15) is 0 Å². The smallest absolute Gasteiger partial charge is 0.294 e. The molecule has 2 aliphatic heterocycles. The van der Waals surface area contributed by atoms with E-state index >= 15 is 0 Å². The van der Waals surface area contributed by atoms with Gasteiger partial charge < -0.3 is 9.80 Å². The molecular weight excluding hydrogens is 368 g/mol. The average molecular weight is 395 g/mol. The van der Waals surface area contributed by atoms with E-state index in [9.17, 15) is 14.9 Å². The van der Waals surface area contributed by atoms with Gasteiger partial charge >= 0.3 is 0 Å². The van der Waals surface area contributed by atoms with Gasteiger partial charge in [0.05, 0.1) is 11.5 Å². The second-order valence-electron chi connectivity index (χ2n) is 7.90. The van der Waals surface area contributed by atoms with Crippen LogP contribution in [-0.2, 0) is 4.79 Å². The zero-order valence-electron chi connectivity index (χ0n) is 15.9. The number of piperidine rings is 1. The van der Waals surface area contributed by atoms with Crippen LogP contribution in [-0.4, -0.2) is 66.4 Å². The maximum atomic E-state index is 12.7. The Kier molecular flexibility index (Phi) is 6.22. The molecule has 27 heavy (non-hydrogen) atoms. The highest BCUT2D eigenvalue weighted by Gasteiger charge is 2.28. The van der Waals surface area contributed by atoms with Crippen molar-refractivity contribution in [1.29, 1.82) is 0 Å². The number of hydrogen-bond donors (Lipinski definition) is 0. The lowest BCUT2D eigenvalue weighted by Gasteiger charge is -2.38. The lowest BCUT2D eigenvalue weighted by atomic mass is 9.92. The minimum Gasteiger partial charge on any atom is -0.362 e. The van der Waals surface area contributed by atoms with E-state index in [1.807, 2.05) is 9.80 Å². The maximum Gasteiger partial charge on any atom is 0.294 e. The number of anilines is 1. The van der Waals surface area contributed by atoms with Crippen molar-refractivity contribution in [2.75, 3.05) is 50.7 Å². The first kappa shape index (κ1) is 19.9. The second kappa shape index (κ2) is 8.44. The molecule has 0 unspecified atom stereocenters. The van der Waals surface area contributed by atoms with Crippen LogP contribution in [0, 0.1) is 22.0 Å². The van der Waals surface area contributed by atoms with Gasteiger partial charge in [-0.15, -0.1) is 0 Å². The van der Waals surface area contributed by atoms with Crippen LogP contribution in [0.2, 0.25) is 5.02 Å². The summed E-state index contributed by atoms with van der Waals surface area (Å²) >= 11 is 5.90. The number of rotatable bonds is 4. The molecule has 2 atom stereocenters. The number of amides is 1. The van der Waals surface area contributed by atoms with Crippen molar-refractivity contribution in [1.82, 2.24) is 9.80 Å². The average Bonchev–Trinajstić information content (AvgIpc) is 2.61. The summed E-state index contributed by atoms with van der Waals surface area (Å²) in [6.45, 7) is 9.24. The molecule has 0 aliphatic carbocycles. The highest BCUT2D eigenvalue weighted by molar-refractivity contribution is 6.30. The molecule has 2 fully saturated rings. The molecule has 0 bridgehead atoms. The number of hydrogen-bond acceptors (Lipinski definition) is 5. The Hall–Kier alpha value is -1.86. The van der Waals surface area contributed by atoms with Crippen LogP contribution in [0.25, 0.3) is 0 Å². The van der Waals surface area contributed by atoms with Gasteiger partial charge in [0.15, 0.2) is 0 Å². The quantitative estimate of drug-likeness (QED) is 0.580. The van der Waals surface area contributed by atoms with Crippen molar-refractivity contribution in [3.63, 3.8) is 0 Å². The van der Waals surface area contributed by atoms with Gasteiger partial charge in [-0.1, -0.05) is 25.4 Å². The molecule has 0 saturated carbocycles. The normalized spacial score (nSPS) is 24.1. The number of halogens is 1. The van der Waals surface area contributed by atoms with Gasteiger partial charge in [-0.05, 0) is 30.4 Å². The van der Waals surface area contributed by atoms with Gasteiger partial charge in [0.2, 0.25) is 5.91 Å². The molecule has 1 amide bonds. The number of piperazine rings is 1. The monoisotopic (exact) mass is 394 g/mol. The molecule has 0 radical (unpaired) electrons. The third-order valence-electron chi connectivity index (χ3n) is 5.41. The Labute approximate surface area is 165 Å². The fourth-order valence-corrected chi connectivity index (χ4v) is 4.49. The summed E-state index contributed by atoms with van der Waals surface area (Å²) in [6.07, 6.45) is 1.23. The molecule has 1 aromatic rings. The highest BCUT2D eigenvalue weighted by Crippen LogP contribution is 2.31. The first-order valence-corrected chi connectivity index (χ1v) is 9.90. The number of nitro benzene ring substituents is 1. The first-order chi connectivity index (χ1) is 12.8. The van der Waals surface area contributed by atoms with Gasteiger partial charge in [0, 0.05) is 50.4 Å². The first-order valence-electron chi connectivity index (χ1n) is 9.52. The SMILES string of the molecule is C[C@H]1C[C@H](C)CN(CC(=O)N2CCN(c3ccc(Cl)cc3[N+](=O)[O-])CC2)C1. The number of carbonyl (C=O) groups is 1. The van der Waals surface area contributed by atoms with E-state index in [0.717, 1.165) is 13.1 Å². The van der Waals surface area contributed by atoms with E-state index in [1.165, 1.54) is 12.5 Å². The number of nitro groups is 1. The number of likely N-dealkylation sites (tertiary alicyclic amines) is 1.